The number of phenolic OH excluding ortho intramolecular Hbond substituents is 2. The zero-order chi connectivity index (χ0) is 44.7. The number of hydrogen-bond donors (Lipinski definition) is 3. The quantitative estimate of drug-likeness (QED) is 0.148. The summed E-state index contributed by atoms with van der Waals surface area (Å²) in [5.74, 6) is 0.219. The third-order valence-corrected chi connectivity index (χ3v) is 12.5. The summed E-state index contributed by atoms with van der Waals surface area (Å²) in [5.41, 5.74) is 11.9. The van der Waals surface area contributed by atoms with Crippen molar-refractivity contribution in [2.75, 3.05) is 14.2 Å². The molecule has 0 amide bonds. The second kappa shape index (κ2) is 15.2. The van der Waals surface area contributed by atoms with E-state index in [1.165, 1.54) is 5.56 Å². The molecule has 0 fully saturated rings. The third kappa shape index (κ3) is 7.45. The van der Waals surface area contributed by atoms with Gasteiger partial charge in [-0.1, -0.05) is 98.7 Å². The van der Waals surface area contributed by atoms with Gasteiger partial charge in [-0.15, -0.1) is 0 Å². The molecule has 0 radical (unpaired) electrons. The predicted octanol–water partition coefficient (Wildman–Crippen LogP) is 13.6. The van der Waals surface area contributed by atoms with Gasteiger partial charge >= 0.3 is 0 Å². The molecule has 8 heteroatoms. The summed E-state index contributed by atoms with van der Waals surface area (Å²) in [4.78, 5) is 19.7. The van der Waals surface area contributed by atoms with Crippen molar-refractivity contribution in [1.29, 1.82) is 0 Å². The Hall–Kier alpha value is -6.35. The van der Waals surface area contributed by atoms with Gasteiger partial charge < -0.3 is 24.7 Å². The zero-order valence-corrected chi connectivity index (χ0v) is 38.2. The van der Waals surface area contributed by atoms with Gasteiger partial charge in [0.1, 0.15) is 11.5 Å². The SMILES string of the molecule is COCc1cc(C(C)(C)C)cc(COC)c1-c1c2nc(c3cc(C(C)(C)C)cc(c3O)c3ccc4ccc5ccc(nc5c4n3)c3cc(C(C)(C)C)cc(c3O)c3ccc1[nH]3)C=C2. The van der Waals surface area contributed by atoms with Crippen LogP contribution in [0.25, 0.3) is 88.7 Å². The third-order valence-electron chi connectivity index (χ3n) is 12.5. The number of nitrogens with one attached hydrogen (secondary N) is 1. The number of H-pyrrole nitrogens is 1. The molecule has 9 rings (SSSR count). The first-order valence-corrected chi connectivity index (χ1v) is 21.7. The number of methoxy groups -OCH3 is 2. The van der Waals surface area contributed by atoms with E-state index in [1.807, 2.05) is 48.6 Å². The number of aromatic nitrogens is 4. The van der Waals surface area contributed by atoms with Crippen molar-refractivity contribution in [2.24, 2.45) is 0 Å². The molecule has 5 heterocycles. The monoisotopic (exact) mass is 836 g/mol. The standard InChI is InChI=1S/C55H56N4O4/c1-53(2,3)34-22-32(28-62-10)47(33(23-34)29-63-11)48-45-20-18-41(56-45)37-24-35(54(4,5)6)26-39(51(37)60)43-16-14-30-12-13-31-15-17-44(59-50(31)49(30)58-43)40-27-36(55(7,8)9)25-38(52(40)61)42-19-21-46(48)57-42/h12-27,56,60-61H,28-29H2,1-11H3. The molecule has 8 nitrogen and oxygen atoms in total. The first-order chi connectivity index (χ1) is 29.8. The van der Waals surface area contributed by atoms with Crippen molar-refractivity contribution in [3.63, 3.8) is 0 Å². The van der Waals surface area contributed by atoms with E-state index < -0.39 is 0 Å². The molecule has 0 spiro atoms. The maximum atomic E-state index is 12.4. The number of aromatic amines is 1. The Morgan fingerprint density at radius 2 is 0.905 bits per heavy atom. The van der Waals surface area contributed by atoms with Crippen LogP contribution in [0.5, 0.6) is 11.5 Å². The van der Waals surface area contributed by atoms with Crippen LogP contribution < -0.4 is 0 Å². The smallest absolute Gasteiger partial charge is 0.134 e. The van der Waals surface area contributed by atoms with Crippen molar-refractivity contribution in [3.05, 3.63) is 124 Å². The average molecular weight is 837 g/mol. The van der Waals surface area contributed by atoms with Gasteiger partial charge in [0.05, 0.1) is 46.7 Å². The highest BCUT2D eigenvalue weighted by Gasteiger charge is 2.25. The molecule has 1 aliphatic rings. The van der Waals surface area contributed by atoms with Crippen LogP contribution in [0, 0.1) is 0 Å². The first-order valence-electron chi connectivity index (χ1n) is 21.7. The van der Waals surface area contributed by atoms with Crippen molar-refractivity contribution in [3.8, 4) is 22.6 Å². The van der Waals surface area contributed by atoms with Gasteiger partial charge in [-0.05, 0) is 110 Å². The number of fused-ring (bicyclic) bond motifs is 14. The van der Waals surface area contributed by atoms with E-state index >= 15 is 0 Å². The van der Waals surface area contributed by atoms with E-state index in [-0.39, 0.29) is 27.7 Å². The fraction of sp³-hybridized carbons (Fsp3) is 0.291. The highest BCUT2D eigenvalue weighted by Crippen LogP contribution is 2.43. The van der Waals surface area contributed by atoms with Crippen molar-refractivity contribution in [1.82, 2.24) is 19.9 Å². The van der Waals surface area contributed by atoms with E-state index in [2.05, 4.69) is 116 Å². The van der Waals surface area contributed by atoms with E-state index in [0.29, 0.717) is 68.2 Å². The highest BCUT2D eigenvalue weighted by molar-refractivity contribution is 6.08. The molecule has 1 aliphatic heterocycles. The fourth-order valence-electron chi connectivity index (χ4n) is 8.80. The van der Waals surface area contributed by atoms with Crippen molar-refractivity contribution in [2.45, 2.75) is 91.8 Å². The molecule has 3 N–H and O–H groups in total. The minimum absolute atomic E-state index is 0.0975. The average Bonchev–Trinajstić information content (AvgIpc) is 3.91. The molecule has 0 saturated heterocycles. The van der Waals surface area contributed by atoms with Crippen LogP contribution >= 0.6 is 0 Å². The highest BCUT2D eigenvalue weighted by atomic mass is 16.5. The van der Waals surface area contributed by atoms with E-state index in [4.69, 9.17) is 24.4 Å². The summed E-state index contributed by atoms with van der Waals surface area (Å²) in [6.45, 7) is 20.4. The van der Waals surface area contributed by atoms with Gasteiger partial charge in [-0.25, -0.2) is 15.0 Å². The van der Waals surface area contributed by atoms with E-state index in [0.717, 1.165) is 55.2 Å². The molecule has 12 bridgehead atoms. The maximum absolute atomic E-state index is 12.4. The second-order valence-corrected chi connectivity index (χ2v) is 20.1. The summed E-state index contributed by atoms with van der Waals surface area (Å²) in [7, 11) is 3.43. The summed E-state index contributed by atoms with van der Waals surface area (Å²) in [6.07, 6.45) is 4.01. The number of aromatic hydroxyl groups is 2. The summed E-state index contributed by atoms with van der Waals surface area (Å²) in [6, 6.07) is 28.9. The lowest BCUT2D eigenvalue weighted by Gasteiger charge is -2.24. The summed E-state index contributed by atoms with van der Waals surface area (Å²) in [5, 5.41) is 29.2. The van der Waals surface area contributed by atoms with Crippen LogP contribution in [0.15, 0.2) is 84.9 Å². The Labute approximate surface area is 368 Å². The molecule has 0 saturated carbocycles. The summed E-state index contributed by atoms with van der Waals surface area (Å²) < 4.78 is 11.9. The molecular formula is C55H56N4O4. The number of phenols is 2. The molecule has 0 unspecified atom stereocenters. The van der Waals surface area contributed by atoms with Crippen LogP contribution in [-0.4, -0.2) is 44.4 Å². The van der Waals surface area contributed by atoms with Crippen LogP contribution in [0.1, 0.15) is 102 Å². The molecule has 320 valence electrons. The Kier molecular flexibility index (Phi) is 10.1. The normalized spacial score (nSPS) is 13.0. The first kappa shape index (κ1) is 42.0. The van der Waals surface area contributed by atoms with Gasteiger partial charge in [0.15, 0.2) is 0 Å². The topological polar surface area (TPSA) is 113 Å². The second-order valence-electron chi connectivity index (χ2n) is 20.1. The number of pyridine rings is 2. The van der Waals surface area contributed by atoms with Crippen LogP contribution in [-0.2, 0) is 38.9 Å². The van der Waals surface area contributed by atoms with E-state index in [1.54, 1.807) is 14.2 Å². The minimum Gasteiger partial charge on any atom is -0.507 e. The van der Waals surface area contributed by atoms with Gasteiger partial charge in [-0.2, -0.15) is 0 Å². The maximum Gasteiger partial charge on any atom is 0.134 e. The molecule has 8 aromatic rings. The van der Waals surface area contributed by atoms with Crippen LogP contribution in [0.4, 0.5) is 0 Å². The lowest BCUT2D eigenvalue weighted by atomic mass is 9.82. The molecule has 63 heavy (non-hydrogen) atoms. The lowest BCUT2D eigenvalue weighted by Crippen LogP contribution is -2.14. The number of benzene rings is 4. The van der Waals surface area contributed by atoms with Gasteiger partial charge in [-0.3, -0.25) is 0 Å². The Balaban J connectivity index is 1.55. The number of hydrogen-bond acceptors (Lipinski definition) is 7. The van der Waals surface area contributed by atoms with Crippen LogP contribution in [0.2, 0.25) is 0 Å². The Morgan fingerprint density at radius 3 is 1.41 bits per heavy atom. The van der Waals surface area contributed by atoms with Gasteiger partial charge in [0.25, 0.3) is 0 Å². The molecule has 4 aromatic heterocycles. The molecular weight excluding hydrogens is 781 g/mol. The Morgan fingerprint density at radius 1 is 0.476 bits per heavy atom. The summed E-state index contributed by atoms with van der Waals surface area (Å²) >= 11 is 0. The molecule has 0 atom stereocenters. The largest absolute Gasteiger partial charge is 0.507 e. The minimum atomic E-state index is -0.264. The lowest BCUT2D eigenvalue weighted by molar-refractivity contribution is 0.180. The van der Waals surface area contributed by atoms with Gasteiger partial charge in [0.2, 0.25) is 0 Å². The fourth-order valence-corrected chi connectivity index (χ4v) is 8.80. The van der Waals surface area contributed by atoms with Crippen LogP contribution in [0.3, 0.4) is 0 Å². The van der Waals surface area contributed by atoms with Crippen molar-refractivity contribution < 1.29 is 19.7 Å². The Bertz CT molecular complexity index is 3310. The number of rotatable bonds is 5. The predicted molar refractivity (Wildman–Crippen MR) is 261 cm³/mol. The number of nitrogens with zero attached hydrogens (tertiary/aromatic N) is 3. The molecule has 4 aromatic carbocycles. The number of ether oxygens (including phenoxy) is 2. The zero-order valence-electron chi connectivity index (χ0n) is 38.2. The van der Waals surface area contributed by atoms with Gasteiger partial charge in [0, 0.05) is 63.1 Å². The van der Waals surface area contributed by atoms with Crippen molar-refractivity contribution >= 4 is 77.6 Å². The van der Waals surface area contributed by atoms with E-state index in [9.17, 15) is 10.2 Å². The molecule has 0 aliphatic carbocycles.